The Kier molecular flexibility index (Phi) is 5.95. The molecule has 1 fully saturated rings. The first-order chi connectivity index (χ1) is 16.6. The lowest BCUT2D eigenvalue weighted by atomic mass is 10.1. The molecule has 7 heteroatoms. The largest absolute Gasteiger partial charge is 0.454 e. The Morgan fingerprint density at radius 2 is 1.56 bits per heavy atom. The Balaban J connectivity index is 1.08. The third kappa shape index (κ3) is 4.29. The van der Waals surface area contributed by atoms with Gasteiger partial charge in [0.25, 0.3) is 0 Å². The lowest BCUT2D eigenvalue weighted by Gasteiger charge is -2.35. The topological polar surface area (TPSA) is 50.1 Å². The second kappa shape index (κ2) is 9.23. The highest BCUT2D eigenvalue weighted by Gasteiger charge is 2.22. The van der Waals surface area contributed by atoms with Crippen molar-refractivity contribution < 1.29 is 14.6 Å². The average Bonchev–Trinajstić information content (AvgIpc) is 3.43. The molecule has 1 unspecified atom stereocenters. The minimum absolute atomic E-state index is 0.311. The Hall–Kier alpha value is -2.58. The molecule has 0 spiro atoms. The highest BCUT2D eigenvalue weighted by atomic mass is 79.9. The fourth-order valence-corrected chi connectivity index (χ4v) is 5.58. The van der Waals surface area contributed by atoms with Gasteiger partial charge in [-0.2, -0.15) is 0 Å². The monoisotopic (exact) mass is 521 g/mol. The molecule has 0 radical (unpaired) electrons. The molecule has 3 aromatic carbocycles. The summed E-state index contributed by atoms with van der Waals surface area (Å²) in [6, 6.07) is 21.0. The van der Waals surface area contributed by atoms with Gasteiger partial charge in [0.2, 0.25) is 6.79 Å². The SMILES string of the molecule is OC(CN1CCN(Cc2ccc3c(c2)OCO3)CC1)Cn1c2ccccc2c2cc(Br)ccc21. The molecule has 0 saturated carbocycles. The van der Waals surface area contributed by atoms with Crippen molar-refractivity contribution >= 4 is 37.7 Å². The van der Waals surface area contributed by atoms with Crippen LogP contribution < -0.4 is 9.47 Å². The number of β-amino-alcohol motifs (C(OH)–C–C–N with tert-alkyl or cyclic N) is 1. The van der Waals surface area contributed by atoms with Gasteiger partial charge in [0, 0.05) is 65.5 Å². The van der Waals surface area contributed by atoms with Gasteiger partial charge in [-0.05, 0) is 42.0 Å². The number of aliphatic hydroxyl groups excluding tert-OH is 1. The number of ether oxygens (including phenoxy) is 2. The van der Waals surface area contributed by atoms with E-state index in [9.17, 15) is 5.11 Å². The van der Waals surface area contributed by atoms with Crippen LogP contribution in [0.1, 0.15) is 5.56 Å². The molecule has 34 heavy (non-hydrogen) atoms. The summed E-state index contributed by atoms with van der Waals surface area (Å²) in [6.45, 7) is 6.39. The molecule has 0 bridgehead atoms. The maximum absolute atomic E-state index is 11.0. The number of aliphatic hydroxyl groups is 1. The van der Waals surface area contributed by atoms with Crippen LogP contribution in [0.5, 0.6) is 11.5 Å². The van der Waals surface area contributed by atoms with E-state index in [4.69, 9.17) is 9.47 Å². The minimum atomic E-state index is -0.428. The van der Waals surface area contributed by atoms with Crippen LogP contribution in [0.15, 0.2) is 65.1 Å². The van der Waals surface area contributed by atoms with Crippen molar-refractivity contribution in [3.63, 3.8) is 0 Å². The molecular formula is C27H28BrN3O3. The molecule has 6 rings (SSSR count). The lowest BCUT2D eigenvalue weighted by molar-refractivity contribution is 0.0633. The number of halogens is 1. The maximum atomic E-state index is 11.0. The Bertz CT molecular complexity index is 1330. The van der Waals surface area contributed by atoms with Gasteiger partial charge in [-0.3, -0.25) is 9.80 Å². The standard InChI is InChI=1S/C27H28BrN3O3/c28-20-6-7-25-23(14-20)22-3-1-2-4-24(22)31(25)17-21(32)16-30-11-9-29(10-12-30)15-19-5-8-26-27(13-19)34-18-33-26/h1-8,13-14,21,32H,9-12,15-18H2. The van der Waals surface area contributed by atoms with Crippen molar-refractivity contribution in [2.75, 3.05) is 39.5 Å². The number of nitrogens with zero attached hydrogens (tertiary/aromatic N) is 3. The Morgan fingerprint density at radius 3 is 2.44 bits per heavy atom. The van der Waals surface area contributed by atoms with Gasteiger partial charge in [-0.15, -0.1) is 0 Å². The van der Waals surface area contributed by atoms with E-state index in [1.165, 1.54) is 21.9 Å². The molecule has 176 valence electrons. The molecular weight excluding hydrogens is 494 g/mol. The van der Waals surface area contributed by atoms with Crippen molar-refractivity contribution in [3.05, 3.63) is 70.7 Å². The van der Waals surface area contributed by atoms with E-state index < -0.39 is 6.10 Å². The molecule has 6 nitrogen and oxygen atoms in total. The van der Waals surface area contributed by atoms with E-state index in [-0.39, 0.29) is 0 Å². The predicted octanol–water partition coefficient (Wildman–Crippen LogP) is 4.46. The molecule has 0 aliphatic carbocycles. The molecule has 4 aromatic rings. The molecule has 3 heterocycles. The van der Waals surface area contributed by atoms with Gasteiger partial charge in [0.15, 0.2) is 11.5 Å². The first-order valence-corrected chi connectivity index (χ1v) is 12.6. The molecule has 1 N–H and O–H groups in total. The normalized spacial score (nSPS) is 17.6. The third-order valence-corrected chi connectivity index (χ3v) is 7.40. The van der Waals surface area contributed by atoms with Gasteiger partial charge in [-0.25, -0.2) is 0 Å². The zero-order chi connectivity index (χ0) is 23.1. The predicted molar refractivity (Wildman–Crippen MR) is 137 cm³/mol. The summed E-state index contributed by atoms with van der Waals surface area (Å²) in [5.41, 5.74) is 3.58. The van der Waals surface area contributed by atoms with Crippen LogP contribution in [0.25, 0.3) is 21.8 Å². The molecule has 1 saturated heterocycles. The van der Waals surface area contributed by atoms with E-state index in [1.807, 2.05) is 6.07 Å². The fraction of sp³-hybridized carbons (Fsp3) is 0.333. The second-order valence-corrected chi connectivity index (χ2v) is 10.1. The first-order valence-electron chi connectivity index (χ1n) is 11.8. The number of fused-ring (bicyclic) bond motifs is 4. The summed E-state index contributed by atoms with van der Waals surface area (Å²) in [5.74, 6) is 1.68. The number of aromatic nitrogens is 1. The summed E-state index contributed by atoms with van der Waals surface area (Å²) in [6.07, 6.45) is -0.428. The molecule has 0 amide bonds. The van der Waals surface area contributed by atoms with Crippen LogP contribution in [0.4, 0.5) is 0 Å². The zero-order valence-corrected chi connectivity index (χ0v) is 20.6. The first kappa shape index (κ1) is 21.9. The van der Waals surface area contributed by atoms with Gasteiger partial charge < -0.3 is 19.1 Å². The summed E-state index contributed by atoms with van der Waals surface area (Å²) in [4.78, 5) is 4.84. The zero-order valence-electron chi connectivity index (χ0n) is 19.0. The highest BCUT2D eigenvalue weighted by Crippen LogP contribution is 2.33. The average molecular weight is 522 g/mol. The fourth-order valence-electron chi connectivity index (χ4n) is 5.22. The van der Waals surface area contributed by atoms with Crippen LogP contribution >= 0.6 is 15.9 Å². The molecule has 2 aliphatic rings. The van der Waals surface area contributed by atoms with Crippen LogP contribution in [0.2, 0.25) is 0 Å². The summed E-state index contributed by atoms with van der Waals surface area (Å²) < 4.78 is 14.3. The van der Waals surface area contributed by atoms with Crippen molar-refractivity contribution in [2.45, 2.75) is 19.2 Å². The van der Waals surface area contributed by atoms with Crippen LogP contribution in [-0.4, -0.2) is 65.1 Å². The smallest absolute Gasteiger partial charge is 0.231 e. The quantitative estimate of drug-likeness (QED) is 0.405. The van der Waals surface area contributed by atoms with E-state index in [2.05, 4.69) is 84.9 Å². The van der Waals surface area contributed by atoms with E-state index in [0.29, 0.717) is 19.9 Å². The van der Waals surface area contributed by atoms with Crippen LogP contribution in [0.3, 0.4) is 0 Å². The lowest BCUT2D eigenvalue weighted by Crippen LogP contribution is -2.48. The molecule has 1 aromatic heterocycles. The number of rotatable bonds is 6. The minimum Gasteiger partial charge on any atom is -0.454 e. The summed E-state index contributed by atoms with van der Waals surface area (Å²) >= 11 is 3.60. The molecule has 1 atom stereocenters. The third-order valence-electron chi connectivity index (χ3n) is 6.90. The summed E-state index contributed by atoms with van der Waals surface area (Å²) in [7, 11) is 0. The van der Waals surface area contributed by atoms with Gasteiger partial charge >= 0.3 is 0 Å². The van der Waals surface area contributed by atoms with Gasteiger partial charge in [-0.1, -0.05) is 40.2 Å². The Labute approximate surface area is 207 Å². The number of para-hydroxylation sites is 1. The van der Waals surface area contributed by atoms with E-state index in [0.717, 1.165) is 54.2 Å². The van der Waals surface area contributed by atoms with Crippen molar-refractivity contribution in [3.8, 4) is 11.5 Å². The van der Waals surface area contributed by atoms with Crippen LogP contribution in [-0.2, 0) is 13.1 Å². The van der Waals surface area contributed by atoms with Crippen molar-refractivity contribution in [2.24, 2.45) is 0 Å². The summed E-state index contributed by atoms with van der Waals surface area (Å²) in [5, 5.41) is 13.5. The van der Waals surface area contributed by atoms with E-state index >= 15 is 0 Å². The highest BCUT2D eigenvalue weighted by molar-refractivity contribution is 9.10. The number of hydrogen-bond donors (Lipinski definition) is 1. The van der Waals surface area contributed by atoms with E-state index in [1.54, 1.807) is 0 Å². The van der Waals surface area contributed by atoms with Gasteiger partial charge in [0.05, 0.1) is 12.6 Å². The molecule has 2 aliphatic heterocycles. The second-order valence-electron chi connectivity index (χ2n) is 9.21. The number of hydrogen-bond acceptors (Lipinski definition) is 5. The van der Waals surface area contributed by atoms with Gasteiger partial charge in [0.1, 0.15) is 0 Å². The Morgan fingerprint density at radius 1 is 0.794 bits per heavy atom. The maximum Gasteiger partial charge on any atom is 0.231 e. The van der Waals surface area contributed by atoms with Crippen LogP contribution in [0, 0.1) is 0 Å². The van der Waals surface area contributed by atoms with Crippen molar-refractivity contribution in [1.82, 2.24) is 14.4 Å². The number of benzene rings is 3. The van der Waals surface area contributed by atoms with Crippen molar-refractivity contribution in [1.29, 1.82) is 0 Å². The number of piperazine rings is 1.